The molecule has 1 aliphatic heterocycles. The largest absolute Gasteiger partial charge is 0.436 e. The highest BCUT2D eigenvalue weighted by molar-refractivity contribution is 5.94. The molecule has 6 rings (SSSR count). The minimum absolute atomic E-state index is 0.209. The quantitative estimate of drug-likeness (QED) is 0.326. The van der Waals surface area contributed by atoms with Crippen LogP contribution in [0.25, 0.3) is 22.3 Å². The molecule has 3 N–H and O–H groups in total. The van der Waals surface area contributed by atoms with Crippen LogP contribution in [-0.4, -0.2) is 84.7 Å². The van der Waals surface area contributed by atoms with Crippen LogP contribution in [0.1, 0.15) is 34.9 Å². The molecule has 2 fully saturated rings. The van der Waals surface area contributed by atoms with Gasteiger partial charge in [0.15, 0.2) is 11.5 Å². The Bertz CT molecular complexity index is 1540. The lowest BCUT2D eigenvalue weighted by molar-refractivity contribution is -0.143. The number of fused-ring (bicyclic) bond motifs is 1. The molecule has 5 heterocycles. The Kier molecular flexibility index (Phi) is 7.20. The summed E-state index contributed by atoms with van der Waals surface area (Å²) in [6.45, 7) is 3.07. The predicted molar refractivity (Wildman–Crippen MR) is 141 cm³/mol. The average molecular weight is 572 g/mol. The first-order valence-electron chi connectivity index (χ1n) is 13.5. The van der Waals surface area contributed by atoms with Gasteiger partial charge in [-0.2, -0.15) is 18.3 Å². The standard InChI is InChI=1S/C27H29F4N9O/c28-22-19(2-5-33-24(22)27(29,30)31)26(41)39-9-7-38(8-10-39)13-16-11-21(18(16)1-4-32)40-14-17(12-37-40)23-20-3-6-34-25(20)36-15-35-23/h2-3,5-6,12,14-16,18,21H,1,4,7-11,13,32H2,(H,34,35,36). The molecule has 1 saturated carbocycles. The molecular weight excluding hydrogens is 542 g/mol. The van der Waals surface area contributed by atoms with Crippen molar-refractivity contribution in [2.45, 2.75) is 25.1 Å². The predicted octanol–water partition coefficient (Wildman–Crippen LogP) is 3.36. The Morgan fingerprint density at radius 2 is 1.93 bits per heavy atom. The maximum atomic E-state index is 14.5. The molecule has 0 radical (unpaired) electrons. The van der Waals surface area contributed by atoms with Crippen LogP contribution < -0.4 is 5.73 Å². The summed E-state index contributed by atoms with van der Waals surface area (Å²) in [6, 6.07) is 3.15. The van der Waals surface area contributed by atoms with E-state index in [1.807, 2.05) is 29.3 Å². The molecule has 3 unspecified atom stereocenters. The Hall–Kier alpha value is -3.91. The van der Waals surface area contributed by atoms with E-state index in [-0.39, 0.29) is 6.04 Å². The number of hydrogen-bond donors (Lipinski definition) is 2. The van der Waals surface area contributed by atoms with E-state index in [4.69, 9.17) is 5.73 Å². The highest BCUT2D eigenvalue weighted by Gasteiger charge is 2.43. The highest BCUT2D eigenvalue weighted by atomic mass is 19.4. The molecule has 10 nitrogen and oxygen atoms in total. The zero-order valence-electron chi connectivity index (χ0n) is 22.1. The van der Waals surface area contributed by atoms with Gasteiger partial charge in [0, 0.05) is 62.3 Å². The third-order valence-electron chi connectivity index (χ3n) is 8.25. The van der Waals surface area contributed by atoms with Crippen LogP contribution in [0.5, 0.6) is 0 Å². The topological polar surface area (TPSA) is 122 Å². The maximum absolute atomic E-state index is 14.5. The maximum Gasteiger partial charge on any atom is 0.436 e. The van der Waals surface area contributed by atoms with Crippen molar-refractivity contribution in [3.05, 3.63) is 60.3 Å². The Morgan fingerprint density at radius 1 is 1.12 bits per heavy atom. The van der Waals surface area contributed by atoms with Crippen molar-refractivity contribution in [3.8, 4) is 11.3 Å². The molecule has 4 aromatic rings. The molecule has 4 aromatic heterocycles. The number of alkyl halides is 3. The first kappa shape index (κ1) is 27.3. The van der Waals surface area contributed by atoms with E-state index in [0.29, 0.717) is 44.6 Å². The van der Waals surface area contributed by atoms with Crippen molar-refractivity contribution in [3.63, 3.8) is 0 Å². The van der Waals surface area contributed by atoms with Gasteiger partial charge in [0.05, 0.1) is 23.5 Å². The zero-order valence-corrected chi connectivity index (χ0v) is 22.1. The van der Waals surface area contributed by atoms with E-state index in [9.17, 15) is 22.4 Å². The van der Waals surface area contributed by atoms with E-state index in [1.165, 1.54) is 11.2 Å². The third-order valence-corrected chi connectivity index (χ3v) is 8.25. The van der Waals surface area contributed by atoms with Gasteiger partial charge in [-0.05, 0) is 43.4 Å². The van der Waals surface area contributed by atoms with Crippen LogP contribution >= 0.6 is 0 Å². The summed E-state index contributed by atoms with van der Waals surface area (Å²) in [7, 11) is 0. The number of hydrogen-bond acceptors (Lipinski definition) is 7. The summed E-state index contributed by atoms with van der Waals surface area (Å²) in [5.74, 6) is -1.66. The Labute approximate surface area is 232 Å². The van der Waals surface area contributed by atoms with Crippen LogP contribution in [0.2, 0.25) is 0 Å². The van der Waals surface area contributed by atoms with Crippen LogP contribution in [0.15, 0.2) is 43.2 Å². The van der Waals surface area contributed by atoms with Gasteiger partial charge in [0.1, 0.15) is 12.0 Å². The lowest BCUT2D eigenvalue weighted by Gasteiger charge is -2.48. The molecule has 2 aliphatic rings. The molecule has 41 heavy (non-hydrogen) atoms. The second-order valence-corrected chi connectivity index (χ2v) is 10.6. The van der Waals surface area contributed by atoms with Crippen LogP contribution in [0, 0.1) is 17.7 Å². The van der Waals surface area contributed by atoms with Gasteiger partial charge < -0.3 is 15.6 Å². The van der Waals surface area contributed by atoms with Crippen molar-refractivity contribution in [1.82, 2.24) is 39.5 Å². The first-order chi connectivity index (χ1) is 19.7. The van der Waals surface area contributed by atoms with Crippen molar-refractivity contribution in [1.29, 1.82) is 0 Å². The lowest BCUT2D eigenvalue weighted by atomic mass is 9.67. The molecular formula is C27H29F4N9O. The average Bonchev–Trinajstić information content (AvgIpc) is 3.63. The van der Waals surface area contributed by atoms with E-state index >= 15 is 0 Å². The van der Waals surface area contributed by atoms with Crippen LogP contribution in [0.4, 0.5) is 17.6 Å². The van der Waals surface area contributed by atoms with Crippen molar-refractivity contribution < 1.29 is 22.4 Å². The number of pyridine rings is 1. The smallest absolute Gasteiger partial charge is 0.346 e. The normalized spacial score (nSPS) is 21.8. The zero-order chi connectivity index (χ0) is 28.7. The summed E-state index contributed by atoms with van der Waals surface area (Å²) in [6.07, 6.45) is 4.82. The molecule has 216 valence electrons. The SMILES string of the molecule is NCCC1C(CN2CCN(C(=O)c3ccnc(C(F)(F)F)c3F)CC2)CC1n1cc(-c2ncnc3[nH]ccc23)cn1. The number of carbonyl (C=O) groups excluding carboxylic acids is 1. The number of nitrogens with zero attached hydrogens (tertiary/aromatic N) is 7. The summed E-state index contributed by atoms with van der Waals surface area (Å²) < 4.78 is 55.6. The van der Waals surface area contributed by atoms with E-state index < -0.39 is 29.2 Å². The molecule has 0 bridgehead atoms. The van der Waals surface area contributed by atoms with Crippen LogP contribution in [-0.2, 0) is 6.18 Å². The van der Waals surface area contributed by atoms with Crippen molar-refractivity contribution in [2.75, 3.05) is 39.3 Å². The molecule has 3 atom stereocenters. The first-order valence-corrected chi connectivity index (χ1v) is 13.5. The number of aromatic amines is 1. The summed E-state index contributed by atoms with van der Waals surface area (Å²) in [4.78, 5) is 31.4. The second kappa shape index (κ2) is 10.8. The summed E-state index contributed by atoms with van der Waals surface area (Å²) >= 11 is 0. The fourth-order valence-electron chi connectivity index (χ4n) is 6.10. The van der Waals surface area contributed by atoms with Gasteiger partial charge in [0.25, 0.3) is 5.91 Å². The van der Waals surface area contributed by atoms with E-state index in [0.717, 1.165) is 53.9 Å². The molecule has 1 aliphatic carbocycles. The van der Waals surface area contributed by atoms with E-state index in [2.05, 4.69) is 29.9 Å². The monoisotopic (exact) mass is 571 g/mol. The number of halogens is 4. The minimum atomic E-state index is -4.97. The summed E-state index contributed by atoms with van der Waals surface area (Å²) in [5, 5.41) is 5.58. The fraction of sp³-hybridized carbons (Fsp3) is 0.444. The minimum Gasteiger partial charge on any atom is -0.346 e. The second-order valence-electron chi connectivity index (χ2n) is 10.6. The number of nitrogens with two attached hydrogens (primary N) is 1. The van der Waals surface area contributed by atoms with Crippen molar-refractivity contribution in [2.24, 2.45) is 17.6 Å². The third kappa shape index (κ3) is 5.17. The Balaban J connectivity index is 1.07. The highest BCUT2D eigenvalue weighted by Crippen LogP contribution is 2.46. The summed E-state index contributed by atoms with van der Waals surface area (Å²) in [5.41, 5.74) is 6.19. The number of piperazine rings is 1. The molecule has 0 aromatic carbocycles. The lowest BCUT2D eigenvalue weighted by Crippen LogP contribution is -2.53. The fourth-order valence-corrected chi connectivity index (χ4v) is 6.10. The van der Waals surface area contributed by atoms with Gasteiger partial charge >= 0.3 is 6.18 Å². The molecule has 1 saturated heterocycles. The molecule has 14 heteroatoms. The molecule has 1 amide bonds. The van der Waals surface area contributed by atoms with E-state index in [1.54, 1.807) is 0 Å². The number of nitrogens with one attached hydrogen (secondary N) is 1. The number of rotatable bonds is 7. The number of carbonyl (C=O) groups is 1. The number of amides is 1. The van der Waals surface area contributed by atoms with Gasteiger partial charge in [-0.25, -0.2) is 19.3 Å². The van der Waals surface area contributed by atoms with Gasteiger partial charge in [-0.15, -0.1) is 0 Å². The Morgan fingerprint density at radius 3 is 2.68 bits per heavy atom. The number of H-pyrrole nitrogens is 1. The molecule has 0 spiro atoms. The van der Waals surface area contributed by atoms with Crippen molar-refractivity contribution >= 4 is 16.9 Å². The van der Waals surface area contributed by atoms with Crippen LogP contribution in [0.3, 0.4) is 0 Å². The number of aromatic nitrogens is 6. The van der Waals surface area contributed by atoms with Gasteiger partial charge in [-0.1, -0.05) is 0 Å². The van der Waals surface area contributed by atoms with Gasteiger partial charge in [-0.3, -0.25) is 14.4 Å². The van der Waals surface area contributed by atoms with Gasteiger partial charge in [0.2, 0.25) is 0 Å².